The molecule has 2 aliphatic heterocycles. The molecule has 2 heterocycles. The Morgan fingerprint density at radius 3 is 2.89 bits per heavy atom. The average molecular weight is 503 g/mol. The Labute approximate surface area is 186 Å². The van der Waals surface area contributed by atoms with E-state index in [1.165, 1.54) is 11.1 Å². The van der Waals surface area contributed by atoms with Crippen LogP contribution in [0.4, 0.5) is 0 Å². The third-order valence-electron chi connectivity index (χ3n) is 5.06. The molecule has 158 valence electrons. The summed E-state index contributed by atoms with van der Waals surface area (Å²) in [5.74, 6) is 0.945. The van der Waals surface area contributed by atoms with Gasteiger partial charge in [0.05, 0.1) is 39.0 Å². The van der Waals surface area contributed by atoms with Crippen molar-refractivity contribution in [3.63, 3.8) is 0 Å². The molecule has 1 aromatic carbocycles. The van der Waals surface area contributed by atoms with Crippen molar-refractivity contribution in [1.29, 1.82) is 0 Å². The zero-order valence-electron chi connectivity index (χ0n) is 17.1. The number of hydrogen-bond acceptors (Lipinski definition) is 4. The topological polar surface area (TPSA) is 55.3 Å². The van der Waals surface area contributed by atoms with Gasteiger partial charge in [-0.05, 0) is 37.8 Å². The largest absolute Gasteiger partial charge is 0.377 e. The molecular formula is C21H34IN3O3. The second kappa shape index (κ2) is 12.6. The van der Waals surface area contributed by atoms with Gasteiger partial charge in [0.25, 0.3) is 0 Å². The maximum Gasteiger partial charge on any atom is 0.194 e. The van der Waals surface area contributed by atoms with E-state index in [0.29, 0.717) is 26.4 Å². The SMILES string of the molecule is CCNC(=NCCOCC1CCCO1)N1CCOC(c2ccccc2C)C1.I. The van der Waals surface area contributed by atoms with Gasteiger partial charge in [-0.15, -0.1) is 24.0 Å². The highest BCUT2D eigenvalue weighted by Gasteiger charge is 2.25. The van der Waals surface area contributed by atoms with E-state index in [4.69, 9.17) is 19.2 Å². The summed E-state index contributed by atoms with van der Waals surface area (Å²) in [5, 5.41) is 3.41. The van der Waals surface area contributed by atoms with Crippen molar-refractivity contribution < 1.29 is 14.2 Å². The fraction of sp³-hybridized carbons (Fsp3) is 0.667. The van der Waals surface area contributed by atoms with Crippen LogP contribution in [0, 0.1) is 6.92 Å². The first-order chi connectivity index (χ1) is 13.3. The molecule has 3 rings (SSSR count). The first kappa shape index (κ1) is 23.4. The molecule has 6 nitrogen and oxygen atoms in total. The molecule has 0 aromatic heterocycles. The number of nitrogens with zero attached hydrogens (tertiary/aromatic N) is 2. The summed E-state index contributed by atoms with van der Waals surface area (Å²) in [4.78, 5) is 7.06. The van der Waals surface area contributed by atoms with E-state index in [1.54, 1.807) is 0 Å². The maximum atomic E-state index is 6.04. The van der Waals surface area contributed by atoms with E-state index >= 15 is 0 Å². The number of aryl methyl sites for hydroxylation is 1. The molecule has 1 N–H and O–H groups in total. The predicted molar refractivity (Wildman–Crippen MR) is 123 cm³/mol. The lowest BCUT2D eigenvalue weighted by Crippen LogP contribution is -2.48. The molecule has 0 aliphatic carbocycles. The van der Waals surface area contributed by atoms with Gasteiger partial charge in [0.1, 0.15) is 6.10 Å². The van der Waals surface area contributed by atoms with E-state index in [-0.39, 0.29) is 36.2 Å². The van der Waals surface area contributed by atoms with E-state index in [0.717, 1.165) is 45.0 Å². The van der Waals surface area contributed by atoms with Gasteiger partial charge >= 0.3 is 0 Å². The first-order valence-electron chi connectivity index (χ1n) is 10.2. The number of morpholine rings is 1. The Balaban J connectivity index is 0.00000280. The van der Waals surface area contributed by atoms with E-state index < -0.39 is 0 Å². The van der Waals surface area contributed by atoms with Gasteiger partial charge in [0, 0.05) is 19.7 Å². The fourth-order valence-electron chi connectivity index (χ4n) is 3.61. The summed E-state index contributed by atoms with van der Waals surface area (Å²) in [7, 11) is 0. The van der Waals surface area contributed by atoms with Crippen LogP contribution >= 0.6 is 24.0 Å². The Morgan fingerprint density at radius 2 is 2.14 bits per heavy atom. The zero-order chi connectivity index (χ0) is 18.9. The van der Waals surface area contributed by atoms with Gasteiger partial charge in [-0.25, -0.2) is 0 Å². The van der Waals surface area contributed by atoms with Crippen molar-refractivity contribution in [3.05, 3.63) is 35.4 Å². The van der Waals surface area contributed by atoms with Gasteiger partial charge < -0.3 is 24.4 Å². The minimum Gasteiger partial charge on any atom is -0.377 e. The van der Waals surface area contributed by atoms with Crippen LogP contribution in [0.2, 0.25) is 0 Å². The molecule has 2 fully saturated rings. The van der Waals surface area contributed by atoms with E-state index in [1.807, 2.05) is 0 Å². The molecule has 28 heavy (non-hydrogen) atoms. The van der Waals surface area contributed by atoms with Crippen LogP contribution in [-0.4, -0.2) is 69.6 Å². The van der Waals surface area contributed by atoms with Gasteiger partial charge in [0.2, 0.25) is 0 Å². The highest BCUT2D eigenvalue weighted by Crippen LogP contribution is 2.25. The quantitative estimate of drug-likeness (QED) is 0.268. The van der Waals surface area contributed by atoms with Crippen molar-refractivity contribution in [3.8, 4) is 0 Å². The molecule has 2 atom stereocenters. The summed E-state index contributed by atoms with van der Waals surface area (Å²) in [6.45, 7) is 10.3. The van der Waals surface area contributed by atoms with Crippen LogP contribution in [0.25, 0.3) is 0 Å². The number of ether oxygens (including phenoxy) is 3. The minimum atomic E-state index is 0. The lowest BCUT2D eigenvalue weighted by Gasteiger charge is -2.35. The number of nitrogens with one attached hydrogen (secondary N) is 1. The summed E-state index contributed by atoms with van der Waals surface area (Å²) in [6, 6.07) is 8.45. The molecule has 7 heteroatoms. The Morgan fingerprint density at radius 1 is 1.29 bits per heavy atom. The monoisotopic (exact) mass is 503 g/mol. The van der Waals surface area contributed by atoms with E-state index in [2.05, 4.69) is 48.3 Å². The lowest BCUT2D eigenvalue weighted by molar-refractivity contribution is -0.00848. The third kappa shape index (κ3) is 6.86. The molecule has 0 radical (unpaired) electrons. The van der Waals surface area contributed by atoms with Crippen molar-refractivity contribution in [2.45, 2.75) is 38.9 Å². The standard InChI is InChI=1S/C21H33N3O3.HI/c1-3-22-21(23-10-13-25-16-18-8-6-12-26-18)24-11-14-27-20(15-24)19-9-5-4-7-17(19)2;/h4-5,7,9,18,20H,3,6,8,10-16H2,1-2H3,(H,22,23);1H. The molecule has 2 aliphatic rings. The van der Waals surface area contributed by atoms with Crippen LogP contribution in [0.1, 0.15) is 37.0 Å². The summed E-state index contributed by atoms with van der Waals surface area (Å²) >= 11 is 0. The normalized spacial score (nSPS) is 22.8. The lowest BCUT2D eigenvalue weighted by atomic mass is 10.0. The highest BCUT2D eigenvalue weighted by atomic mass is 127. The van der Waals surface area contributed by atoms with Crippen molar-refractivity contribution in [1.82, 2.24) is 10.2 Å². The Bertz CT molecular complexity index is 608. The van der Waals surface area contributed by atoms with Crippen LogP contribution < -0.4 is 5.32 Å². The second-order valence-corrected chi connectivity index (χ2v) is 7.11. The fourth-order valence-corrected chi connectivity index (χ4v) is 3.61. The number of rotatable bonds is 7. The molecule has 2 saturated heterocycles. The van der Waals surface area contributed by atoms with Gasteiger partial charge in [-0.3, -0.25) is 4.99 Å². The molecule has 0 saturated carbocycles. The van der Waals surface area contributed by atoms with Crippen molar-refractivity contribution in [2.75, 3.05) is 52.6 Å². The highest BCUT2D eigenvalue weighted by molar-refractivity contribution is 14.0. The van der Waals surface area contributed by atoms with Crippen LogP contribution in [-0.2, 0) is 14.2 Å². The third-order valence-corrected chi connectivity index (χ3v) is 5.06. The Kier molecular flexibility index (Phi) is 10.5. The van der Waals surface area contributed by atoms with Crippen molar-refractivity contribution in [2.24, 2.45) is 4.99 Å². The van der Waals surface area contributed by atoms with Crippen LogP contribution in [0.5, 0.6) is 0 Å². The molecule has 1 aromatic rings. The summed E-state index contributed by atoms with van der Waals surface area (Å²) < 4.78 is 17.4. The van der Waals surface area contributed by atoms with E-state index in [9.17, 15) is 0 Å². The predicted octanol–water partition coefficient (Wildman–Crippen LogP) is 3.15. The Hall–Kier alpha value is -0.900. The average Bonchev–Trinajstić information content (AvgIpc) is 3.21. The number of benzene rings is 1. The smallest absolute Gasteiger partial charge is 0.194 e. The van der Waals surface area contributed by atoms with Crippen molar-refractivity contribution >= 4 is 29.9 Å². The second-order valence-electron chi connectivity index (χ2n) is 7.11. The number of hydrogen-bond donors (Lipinski definition) is 1. The molecule has 0 spiro atoms. The van der Waals surface area contributed by atoms with Gasteiger partial charge in [-0.2, -0.15) is 0 Å². The number of guanidine groups is 1. The summed E-state index contributed by atoms with van der Waals surface area (Å²) in [6.07, 6.45) is 2.62. The summed E-state index contributed by atoms with van der Waals surface area (Å²) in [5.41, 5.74) is 2.53. The van der Waals surface area contributed by atoms with Crippen LogP contribution in [0.15, 0.2) is 29.3 Å². The first-order valence-corrected chi connectivity index (χ1v) is 10.2. The number of halogens is 1. The number of aliphatic imine (C=N–C) groups is 1. The molecule has 0 bridgehead atoms. The molecular weight excluding hydrogens is 469 g/mol. The minimum absolute atomic E-state index is 0. The van der Waals surface area contributed by atoms with Crippen LogP contribution in [0.3, 0.4) is 0 Å². The molecule has 2 unspecified atom stereocenters. The maximum absolute atomic E-state index is 6.04. The van der Waals surface area contributed by atoms with Gasteiger partial charge in [-0.1, -0.05) is 24.3 Å². The molecule has 0 amide bonds. The zero-order valence-corrected chi connectivity index (χ0v) is 19.4. The van der Waals surface area contributed by atoms with Gasteiger partial charge in [0.15, 0.2) is 5.96 Å².